The smallest absolute Gasteiger partial charge is 0.254 e. The van der Waals surface area contributed by atoms with Crippen molar-refractivity contribution in [3.8, 4) is 0 Å². The summed E-state index contributed by atoms with van der Waals surface area (Å²) in [4.78, 5) is 12.5. The summed E-state index contributed by atoms with van der Waals surface area (Å²) in [5.41, 5.74) is 2.63. The van der Waals surface area contributed by atoms with Gasteiger partial charge < -0.3 is 10.4 Å². The molecule has 0 radical (unpaired) electrons. The Balaban J connectivity index is 2.02. The molecule has 0 saturated carbocycles. The SMILES string of the molecule is Cc1c(C(=O)NCC(CCO)c2ccccc2)cnn1CC(C)C. The van der Waals surface area contributed by atoms with Crippen LogP contribution in [0.4, 0.5) is 0 Å². The summed E-state index contributed by atoms with van der Waals surface area (Å²) >= 11 is 0. The molecule has 0 saturated heterocycles. The first-order valence-corrected chi connectivity index (χ1v) is 8.49. The highest BCUT2D eigenvalue weighted by Gasteiger charge is 2.17. The Labute approximate surface area is 143 Å². The highest BCUT2D eigenvalue weighted by Crippen LogP contribution is 2.18. The Hall–Kier alpha value is -2.14. The van der Waals surface area contributed by atoms with E-state index in [-0.39, 0.29) is 18.4 Å². The van der Waals surface area contributed by atoms with Crippen LogP contribution in [0.25, 0.3) is 0 Å². The normalized spacial score (nSPS) is 12.4. The lowest BCUT2D eigenvalue weighted by Crippen LogP contribution is -2.29. The van der Waals surface area contributed by atoms with E-state index in [9.17, 15) is 9.90 Å². The summed E-state index contributed by atoms with van der Waals surface area (Å²) in [6, 6.07) is 9.96. The molecule has 1 unspecified atom stereocenters. The number of amides is 1. The van der Waals surface area contributed by atoms with E-state index in [4.69, 9.17) is 0 Å². The molecule has 0 aliphatic carbocycles. The van der Waals surface area contributed by atoms with E-state index < -0.39 is 0 Å². The fourth-order valence-corrected chi connectivity index (χ4v) is 2.78. The summed E-state index contributed by atoms with van der Waals surface area (Å²) in [6.07, 6.45) is 2.26. The fraction of sp³-hybridized carbons (Fsp3) is 0.474. The van der Waals surface area contributed by atoms with Gasteiger partial charge in [-0.25, -0.2) is 0 Å². The zero-order valence-electron chi connectivity index (χ0n) is 14.7. The summed E-state index contributed by atoms with van der Waals surface area (Å²) in [5, 5.41) is 16.6. The van der Waals surface area contributed by atoms with Crippen molar-refractivity contribution in [1.29, 1.82) is 0 Å². The van der Waals surface area contributed by atoms with Crippen molar-refractivity contribution in [2.75, 3.05) is 13.2 Å². The number of hydrogen-bond donors (Lipinski definition) is 2. The van der Waals surface area contributed by atoms with E-state index in [0.717, 1.165) is 17.8 Å². The lowest BCUT2D eigenvalue weighted by Gasteiger charge is -2.17. The molecular formula is C19H27N3O2. The third kappa shape index (κ3) is 4.68. The van der Waals surface area contributed by atoms with Crippen LogP contribution >= 0.6 is 0 Å². The van der Waals surface area contributed by atoms with Crippen molar-refractivity contribution in [3.63, 3.8) is 0 Å². The van der Waals surface area contributed by atoms with Crippen LogP contribution in [0.15, 0.2) is 36.5 Å². The molecule has 1 heterocycles. The van der Waals surface area contributed by atoms with Gasteiger partial charge in [-0.05, 0) is 24.8 Å². The molecule has 2 N–H and O–H groups in total. The average molecular weight is 329 g/mol. The predicted molar refractivity (Wildman–Crippen MR) is 95.0 cm³/mol. The first-order chi connectivity index (χ1) is 11.5. The van der Waals surface area contributed by atoms with Gasteiger partial charge in [0.25, 0.3) is 5.91 Å². The molecule has 1 aromatic heterocycles. The minimum Gasteiger partial charge on any atom is -0.396 e. The third-order valence-corrected chi connectivity index (χ3v) is 4.14. The number of nitrogens with zero attached hydrogens (tertiary/aromatic N) is 2. The van der Waals surface area contributed by atoms with Crippen LogP contribution in [0.2, 0.25) is 0 Å². The zero-order chi connectivity index (χ0) is 17.5. The van der Waals surface area contributed by atoms with Crippen LogP contribution in [0.3, 0.4) is 0 Å². The Bertz CT molecular complexity index is 650. The molecule has 0 spiro atoms. The van der Waals surface area contributed by atoms with Gasteiger partial charge >= 0.3 is 0 Å². The predicted octanol–water partition coefficient (Wildman–Crippen LogP) is 2.74. The largest absolute Gasteiger partial charge is 0.396 e. The van der Waals surface area contributed by atoms with Gasteiger partial charge in [-0.1, -0.05) is 44.2 Å². The molecule has 130 valence electrons. The second-order valence-corrected chi connectivity index (χ2v) is 6.55. The lowest BCUT2D eigenvalue weighted by atomic mass is 9.96. The molecule has 0 aliphatic heterocycles. The van der Waals surface area contributed by atoms with Crippen LogP contribution in [-0.4, -0.2) is 33.9 Å². The maximum absolute atomic E-state index is 12.5. The zero-order valence-corrected chi connectivity index (χ0v) is 14.7. The number of carbonyl (C=O) groups excluding carboxylic acids is 1. The molecule has 2 aromatic rings. The highest BCUT2D eigenvalue weighted by atomic mass is 16.3. The first kappa shape index (κ1) is 18.2. The van der Waals surface area contributed by atoms with Crippen molar-refractivity contribution >= 4 is 5.91 Å². The summed E-state index contributed by atoms with van der Waals surface area (Å²) in [6.45, 7) is 7.57. The fourth-order valence-electron chi connectivity index (χ4n) is 2.78. The van der Waals surface area contributed by atoms with Gasteiger partial charge in [0.2, 0.25) is 0 Å². The number of hydrogen-bond acceptors (Lipinski definition) is 3. The monoisotopic (exact) mass is 329 g/mol. The van der Waals surface area contributed by atoms with Crippen molar-refractivity contribution in [2.45, 2.75) is 39.7 Å². The van der Waals surface area contributed by atoms with Crippen LogP contribution in [-0.2, 0) is 6.54 Å². The minimum absolute atomic E-state index is 0.0980. The van der Waals surface area contributed by atoms with Crippen LogP contribution in [0.1, 0.15) is 47.8 Å². The first-order valence-electron chi connectivity index (χ1n) is 8.49. The lowest BCUT2D eigenvalue weighted by molar-refractivity contribution is 0.0948. The van der Waals surface area contributed by atoms with Gasteiger partial charge in [0.15, 0.2) is 0 Å². The quantitative estimate of drug-likeness (QED) is 0.782. The van der Waals surface area contributed by atoms with E-state index in [1.807, 2.05) is 41.9 Å². The molecule has 5 nitrogen and oxygen atoms in total. The standard InChI is InChI=1S/C19H27N3O2/c1-14(2)13-22-15(3)18(12-21-22)19(24)20-11-17(9-10-23)16-7-5-4-6-8-16/h4-8,12,14,17,23H,9-11,13H2,1-3H3,(H,20,24). The van der Waals surface area contributed by atoms with E-state index in [2.05, 4.69) is 24.3 Å². The number of aromatic nitrogens is 2. The molecule has 2 rings (SSSR count). The Morgan fingerprint density at radius 2 is 2.00 bits per heavy atom. The third-order valence-electron chi connectivity index (χ3n) is 4.14. The van der Waals surface area contributed by atoms with Gasteiger partial charge in [0.05, 0.1) is 11.8 Å². The van der Waals surface area contributed by atoms with Crippen LogP contribution < -0.4 is 5.32 Å². The molecule has 1 aromatic carbocycles. The number of rotatable bonds is 8. The maximum atomic E-state index is 12.5. The van der Waals surface area contributed by atoms with Gasteiger partial charge in [0.1, 0.15) is 0 Å². The van der Waals surface area contributed by atoms with Gasteiger partial charge in [-0.3, -0.25) is 9.48 Å². The van der Waals surface area contributed by atoms with Crippen molar-refractivity contribution < 1.29 is 9.90 Å². The number of aliphatic hydroxyl groups excluding tert-OH is 1. The second kappa shape index (κ2) is 8.64. The topological polar surface area (TPSA) is 67.2 Å². The van der Waals surface area contributed by atoms with Gasteiger partial charge in [0, 0.05) is 31.3 Å². The van der Waals surface area contributed by atoms with E-state index in [1.165, 1.54) is 0 Å². The van der Waals surface area contributed by atoms with E-state index in [1.54, 1.807) is 6.20 Å². The molecule has 1 atom stereocenters. The van der Waals surface area contributed by atoms with Crippen molar-refractivity contribution in [1.82, 2.24) is 15.1 Å². The maximum Gasteiger partial charge on any atom is 0.254 e. The van der Waals surface area contributed by atoms with Gasteiger partial charge in [-0.15, -0.1) is 0 Å². The molecule has 0 aliphatic rings. The van der Waals surface area contributed by atoms with Gasteiger partial charge in [-0.2, -0.15) is 5.10 Å². The Morgan fingerprint density at radius 1 is 1.29 bits per heavy atom. The number of carbonyl (C=O) groups is 1. The average Bonchev–Trinajstić information content (AvgIpc) is 2.92. The number of aliphatic hydroxyl groups is 1. The van der Waals surface area contributed by atoms with Crippen molar-refractivity contribution in [3.05, 3.63) is 53.3 Å². The highest BCUT2D eigenvalue weighted by molar-refractivity contribution is 5.95. The molecule has 0 fully saturated rings. The Morgan fingerprint density at radius 3 is 2.62 bits per heavy atom. The summed E-state index contributed by atoms with van der Waals surface area (Å²) in [7, 11) is 0. The molecule has 0 bridgehead atoms. The Kier molecular flexibility index (Phi) is 6.55. The summed E-state index contributed by atoms with van der Waals surface area (Å²) < 4.78 is 1.88. The molecule has 5 heteroatoms. The number of benzene rings is 1. The molecule has 1 amide bonds. The van der Waals surface area contributed by atoms with E-state index >= 15 is 0 Å². The second-order valence-electron chi connectivity index (χ2n) is 6.55. The van der Waals surface area contributed by atoms with E-state index in [0.29, 0.717) is 24.4 Å². The van der Waals surface area contributed by atoms with Crippen LogP contribution in [0.5, 0.6) is 0 Å². The van der Waals surface area contributed by atoms with Crippen molar-refractivity contribution in [2.24, 2.45) is 5.92 Å². The molecular weight excluding hydrogens is 302 g/mol. The van der Waals surface area contributed by atoms with Crippen LogP contribution in [0, 0.1) is 12.8 Å². The number of nitrogens with one attached hydrogen (secondary N) is 1. The molecule has 24 heavy (non-hydrogen) atoms. The summed E-state index contributed by atoms with van der Waals surface area (Å²) in [5.74, 6) is 0.471. The minimum atomic E-state index is -0.110.